The normalized spacial score (nSPS) is 26.6. The molecule has 27 heavy (non-hydrogen) atoms. The van der Waals surface area contributed by atoms with Crippen molar-refractivity contribution < 1.29 is 9.59 Å². The van der Waals surface area contributed by atoms with Gasteiger partial charge in [0, 0.05) is 31.0 Å². The van der Waals surface area contributed by atoms with E-state index in [1.54, 1.807) is 0 Å². The van der Waals surface area contributed by atoms with E-state index in [9.17, 15) is 9.59 Å². The molecule has 4 heteroatoms. The van der Waals surface area contributed by atoms with Crippen LogP contribution in [0.15, 0.2) is 30.3 Å². The van der Waals surface area contributed by atoms with Gasteiger partial charge in [0.25, 0.3) is 0 Å². The van der Waals surface area contributed by atoms with Crippen molar-refractivity contribution in [3.05, 3.63) is 35.9 Å². The number of likely N-dealkylation sites (tertiary alicyclic amines) is 1. The third-order valence-electron chi connectivity index (χ3n) is 6.66. The number of benzene rings is 1. The highest BCUT2D eigenvalue weighted by atomic mass is 16.2. The molecule has 1 heterocycles. The Bertz CT molecular complexity index is 640. The third kappa shape index (κ3) is 4.91. The summed E-state index contributed by atoms with van der Waals surface area (Å²) in [4.78, 5) is 27.2. The molecule has 1 aromatic carbocycles. The average Bonchev–Trinajstić information content (AvgIpc) is 3.53. The maximum Gasteiger partial charge on any atom is 0.225 e. The van der Waals surface area contributed by atoms with Crippen molar-refractivity contribution in [1.29, 1.82) is 0 Å². The second-order valence-corrected chi connectivity index (χ2v) is 8.79. The molecule has 4 rings (SSSR count). The summed E-state index contributed by atoms with van der Waals surface area (Å²) < 4.78 is 0. The molecule has 0 bridgehead atoms. The van der Waals surface area contributed by atoms with Gasteiger partial charge in [-0.05, 0) is 69.3 Å². The summed E-state index contributed by atoms with van der Waals surface area (Å²) in [5, 5.41) is 3.12. The summed E-state index contributed by atoms with van der Waals surface area (Å²) >= 11 is 0. The van der Waals surface area contributed by atoms with E-state index in [1.807, 2.05) is 0 Å². The van der Waals surface area contributed by atoms with Crippen LogP contribution in [0.2, 0.25) is 0 Å². The lowest BCUT2D eigenvalue weighted by Crippen LogP contribution is -2.44. The van der Waals surface area contributed by atoms with Gasteiger partial charge >= 0.3 is 0 Å². The Kier molecular flexibility index (Phi) is 5.80. The van der Waals surface area contributed by atoms with Crippen LogP contribution in [0, 0.1) is 17.8 Å². The minimum absolute atomic E-state index is 0.131. The fourth-order valence-corrected chi connectivity index (χ4v) is 4.71. The molecule has 1 aliphatic heterocycles. The van der Waals surface area contributed by atoms with E-state index < -0.39 is 0 Å². The van der Waals surface area contributed by atoms with Gasteiger partial charge in [-0.25, -0.2) is 0 Å². The van der Waals surface area contributed by atoms with Gasteiger partial charge in [0.2, 0.25) is 11.8 Å². The quantitative estimate of drug-likeness (QED) is 0.864. The number of carbonyl (C=O) groups excluding carboxylic acids is 2. The molecular weight excluding hydrogens is 336 g/mol. The molecule has 2 aliphatic carbocycles. The fourth-order valence-electron chi connectivity index (χ4n) is 4.71. The zero-order valence-electron chi connectivity index (χ0n) is 16.2. The van der Waals surface area contributed by atoms with E-state index >= 15 is 0 Å². The molecule has 4 nitrogen and oxygen atoms in total. The highest BCUT2D eigenvalue weighted by molar-refractivity contribution is 5.81. The van der Waals surface area contributed by atoms with Crippen LogP contribution in [0.3, 0.4) is 0 Å². The SMILES string of the molecule is O=C(NC1CC1)C1CCC(C(=O)N2CCC(Cc3ccccc3)CC2)CC1. The van der Waals surface area contributed by atoms with E-state index in [0.717, 1.165) is 70.9 Å². The first-order valence-electron chi connectivity index (χ1n) is 10.8. The molecule has 1 saturated heterocycles. The lowest BCUT2D eigenvalue weighted by atomic mass is 9.80. The fraction of sp³-hybridized carbons (Fsp3) is 0.652. The molecular formula is C23H32N2O2. The van der Waals surface area contributed by atoms with Crippen LogP contribution in [-0.2, 0) is 16.0 Å². The molecule has 3 aliphatic rings. The van der Waals surface area contributed by atoms with Gasteiger partial charge in [0.15, 0.2) is 0 Å². The average molecular weight is 369 g/mol. The number of carbonyl (C=O) groups is 2. The van der Waals surface area contributed by atoms with Crippen molar-refractivity contribution in [3.63, 3.8) is 0 Å². The first-order valence-corrected chi connectivity index (χ1v) is 10.8. The predicted octanol–water partition coefficient (Wildman–Crippen LogP) is 3.55. The molecule has 2 amide bonds. The van der Waals surface area contributed by atoms with Gasteiger partial charge in [0.1, 0.15) is 0 Å². The van der Waals surface area contributed by atoms with Gasteiger partial charge in [-0.3, -0.25) is 9.59 Å². The number of piperidine rings is 1. The first-order chi connectivity index (χ1) is 13.2. The third-order valence-corrected chi connectivity index (χ3v) is 6.66. The summed E-state index contributed by atoms with van der Waals surface area (Å²) in [5.74, 6) is 1.53. The lowest BCUT2D eigenvalue weighted by molar-refractivity contribution is -0.139. The Morgan fingerprint density at radius 1 is 0.852 bits per heavy atom. The lowest BCUT2D eigenvalue weighted by Gasteiger charge is -2.36. The number of amides is 2. The Morgan fingerprint density at radius 2 is 1.48 bits per heavy atom. The van der Waals surface area contributed by atoms with E-state index in [0.29, 0.717) is 17.9 Å². The minimum Gasteiger partial charge on any atom is -0.353 e. The van der Waals surface area contributed by atoms with Gasteiger partial charge in [0.05, 0.1) is 0 Å². The van der Waals surface area contributed by atoms with Crippen LogP contribution in [0.1, 0.15) is 56.9 Å². The van der Waals surface area contributed by atoms with Crippen molar-refractivity contribution in [2.45, 2.75) is 63.8 Å². The number of hydrogen-bond acceptors (Lipinski definition) is 2. The molecule has 1 aromatic rings. The van der Waals surface area contributed by atoms with Crippen LogP contribution in [0.25, 0.3) is 0 Å². The molecule has 0 radical (unpaired) electrons. The summed E-state index contributed by atoms with van der Waals surface area (Å²) in [5.41, 5.74) is 1.41. The Hall–Kier alpha value is -1.84. The van der Waals surface area contributed by atoms with Crippen molar-refractivity contribution in [1.82, 2.24) is 10.2 Å². The maximum atomic E-state index is 12.9. The highest BCUT2D eigenvalue weighted by Gasteiger charge is 2.35. The van der Waals surface area contributed by atoms with E-state index in [4.69, 9.17) is 0 Å². The van der Waals surface area contributed by atoms with Gasteiger partial charge < -0.3 is 10.2 Å². The summed E-state index contributed by atoms with van der Waals surface area (Å²) in [6, 6.07) is 11.1. The monoisotopic (exact) mass is 368 g/mol. The van der Waals surface area contributed by atoms with Gasteiger partial charge in [-0.15, -0.1) is 0 Å². The van der Waals surface area contributed by atoms with Gasteiger partial charge in [-0.1, -0.05) is 30.3 Å². The standard InChI is InChI=1S/C23H32N2O2/c26-22(24-21-10-11-21)19-6-8-20(9-7-19)23(27)25-14-12-18(13-15-25)16-17-4-2-1-3-5-17/h1-5,18-21H,6-16H2,(H,24,26). The smallest absolute Gasteiger partial charge is 0.225 e. The maximum absolute atomic E-state index is 12.9. The molecule has 0 unspecified atom stereocenters. The first kappa shape index (κ1) is 18.5. The number of hydrogen-bond donors (Lipinski definition) is 1. The molecule has 0 atom stereocenters. The van der Waals surface area contributed by atoms with Crippen LogP contribution < -0.4 is 5.32 Å². The Labute approximate surface area is 162 Å². The second kappa shape index (κ2) is 8.45. The number of nitrogens with one attached hydrogen (secondary N) is 1. The number of nitrogens with zero attached hydrogens (tertiary/aromatic N) is 1. The molecule has 1 N–H and O–H groups in total. The Balaban J connectivity index is 1.20. The summed E-state index contributed by atoms with van der Waals surface area (Å²) in [6.07, 6.45) is 9.14. The molecule has 0 aromatic heterocycles. The van der Waals surface area contributed by atoms with Crippen molar-refractivity contribution in [2.75, 3.05) is 13.1 Å². The highest BCUT2D eigenvalue weighted by Crippen LogP contribution is 2.32. The molecule has 146 valence electrons. The molecule has 2 saturated carbocycles. The van der Waals surface area contributed by atoms with Crippen molar-refractivity contribution >= 4 is 11.8 Å². The van der Waals surface area contributed by atoms with Crippen molar-refractivity contribution in [3.8, 4) is 0 Å². The molecule has 3 fully saturated rings. The summed E-state index contributed by atoms with van der Waals surface area (Å²) in [6.45, 7) is 1.80. The van der Waals surface area contributed by atoms with Crippen LogP contribution in [0.5, 0.6) is 0 Å². The summed E-state index contributed by atoms with van der Waals surface area (Å²) in [7, 11) is 0. The van der Waals surface area contributed by atoms with Crippen molar-refractivity contribution in [2.24, 2.45) is 17.8 Å². The van der Waals surface area contributed by atoms with Crippen LogP contribution >= 0.6 is 0 Å². The van der Waals surface area contributed by atoms with Crippen LogP contribution in [-0.4, -0.2) is 35.8 Å². The van der Waals surface area contributed by atoms with E-state index in [1.165, 1.54) is 5.56 Å². The van der Waals surface area contributed by atoms with E-state index in [-0.39, 0.29) is 17.7 Å². The van der Waals surface area contributed by atoms with Gasteiger partial charge in [-0.2, -0.15) is 0 Å². The largest absolute Gasteiger partial charge is 0.353 e. The minimum atomic E-state index is 0.131. The zero-order chi connectivity index (χ0) is 18.6. The Morgan fingerprint density at radius 3 is 2.11 bits per heavy atom. The topological polar surface area (TPSA) is 49.4 Å². The van der Waals surface area contributed by atoms with Crippen LogP contribution in [0.4, 0.5) is 0 Å². The number of rotatable bonds is 5. The molecule has 0 spiro atoms. The zero-order valence-corrected chi connectivity index (χ0v) is 16.2. The second-order valence-electron chi connectivity index (χ2n) is 8.79. The predicted molar refractivity (Wildman–Crippen MR) is 106 cm³/mol. The van der Waals surface area contributed by atoms with E-state index in [2.05, 4.69) is 40.5 Å².